The Kier molecular flexibility index (Phi) is 3.28. The molecular formula is C18H19NO2. The minimum atomic E-state index is 0.374. The van der Waals surface area contributed by atoms with Crippen LogP contribution in [0.1, 0.15) is 29.2 Å². The molecule has 2 aromatic rings. The van der Waals surface area contributed by atoms with Gasteiger partial charge < -0.3 is 14.8 Å². The first-order chi connectivity index (χ1) is 10.4. The van der Waals surface area contributed by atoms with Crippen molar-refractivity contribution in [1.29, 1.82) is 0 Å². The van der Waals surface area contributed by atoms with Gasteiger partial charge in [0.05, 0.1) is 13.2 Å². The molecule has 3 heteroatoms. The van der Waals surface area contributed by atoms with E-state index in [9.17, 15) is 0 Å². The minimum Gasteiger partial charge on any atom is -0.493 e. The maximum Gasteiger partial charge on any atom is 0.124 e. The van der Waals surface area contributed by atoms with Crippen molar-refractivity contribution >= 4 is 0 Å². The van der Waals surface area contributed by atoms with Crippen LogP contribution in [0.2, 0.25) is 0 Å². The summed E-state index contributed by atoms with van der Waals surface area (Å²) in [7, 11) is 0. The summed E-state index contributed by atoms with van der Waals surface area (Å²) in [5.74, 6) is 2.07. The van der Waals surface area contributed by atoms with Crippen LogP contribution in [-0.4, -0.2) is 13.2 Å². The molecule has 0 amide bonds. The molecule has 0 spiro atoms. The van der Waals surface area contributed by atoms with Gasteiger partial charge in [-0.1, -0.05) is 30.3 Å². The van der Waals surface area contributed by atoms with Crippen LogP contribution < -0.4 is 14.8 Å². The van der Waals surface area contributed by atoms with Crippen molar-refractivity contribution in [2.45, 2.75) is 25.4 Å². The van der Waals surface area contributed by atoms with Crippen molar-refractivity contribution < 1.29 is 9.47 Å². The zero-order valence-corrected chi connectivity index (χ0v) is 12.0. The highest BCUT2D eigenvalue weighted by atomic mass is 16.5. The Labute approximate surface area is 124 Å². The standard InChI is InChI=1S/C18H19NO2/c1-2-4-18-15(3-1)16(8-10-21-18)19-12-13-5-6-17-14(11-13)7-9-20-17/h1-6,11,16,19H,7-10,12H2. The number of rotatable bonds is 3. The molecule has 0 bridgehead atoms. The number of hydrogen-bond donors (Lipinski definition) is 1. The Balaban J connectivity index is 1.48. The molecule has 0 saturated heterocycles. The molecule has 4 rings (SSSR count). The second-order valence-corrected chi connectivity index (χ2v) is 5.65. The van der Waals surface area contributed by atoms with Crippen LogP contribution in [0.25, 0.3) is 0 Å². The monoisotopic (exact) mass is 281 g/mol. The first-order valence-electron chi connectivity index (χ1n) is 7.60. The first-order valence-corrected chi connectivity index (χ1v) is 7.60. The molecular weight excluding hydrogens is 262 g/mol. The largest absolute Gasteiger partial charge is 0.493 e. The van der Waals surface area contributed by atoms with Gasteiger partial charge in [-0.3, -0.25) is 0 Å². The molecule has 2 aliphatic rings. The average molecular weight is 281 g/mol. The number of ether oxygens (including phenoxy) is 2. The van der Waals surface area contributed by atoms with Crippen LogP contribution in [-0.2, 0) is 13.0 Å². The molecule has 2 aliphatic heterocycles. The minimum absolute atomic E-state index is 0.374. The second-order valence-electron chi connectivity index (χ2n) is 5.65. The molecule has 0 saturated carbocycles. The van der Waals surface area contributed by atoms with Crippen LogP contribution in [0, 0.1) is 0 Å². The van der Waals surface area contributed by atoms with Crippen LogP contribution in [0.15, 0.2) is 42.5 Å². The Hall–Kier alpha value is -2.00. The van der Waals surface area contributed by atoms with E-state index in [1.807, 2.05) is 6.07 Å². The lowest BCUT2D eigenvalue weighted by molar-refractivity contribution is 0.252. The maximum atomic E-state index is 5.71. The van der Waals surface area contributed by atoms with Crippen molar-refractivity contribution in [3.63, 3.8) is 0 Å². The third kappa shape index (κ3) is 2.49. The van der Waals surface area contributed by atoms with Crippen LogP contribution in [0.4, 0.5) is 0 Å². The molecule has 108 valence electrons. The van der Waals surface area contributed by atoms with Gasteiger partial charge in [-0.2, -0.15) is 0 Å². The normalized spacial score (nSPS) is 19.3. The van der Waals surface area contributed by atoms with Crippen molar-refractivity contribution in [3.8, 4) is 11.5 Å². The van der Waals surface area contributed by atoms with E-state index in [0.29, 0.717) is 6.04 Å². The lowest BCUT2D eigenvalue weighted by Gasteiger charge is -2.26. The van der Waals surface area contributed by atoms with E-state index < -0.39 is 0 Å². The van der Waals surface area contributed by atoms with Crippen molar-refractivity contribution in [1.82, 2.24) is 5.32 Å². The molecule has 3 nitrogen and oxygen atoms in total. The Morgan fingerprint density at radius 2 is 1.90 bits per heavy atom. The Morgan fingerprint density at radius 3 is 2.90 bits per heavy atom. The first kappa shape index (κ1) is 12.7. The molecule has 1 N–H and O–H groups in total. The van der Waals surface area contributed by atoms with E-state index >= 15 is 0 Å². The summed E-state index contributed by atoms with van der Waals surface area (Å²) < 4.78 is 11.3. The summed E-state index contributed by atoms with van der Waals surface area (Å²) in [5, 5.41) is 3.66. The van der Waals surface area contributed by atoms with Gasteiger partial charge in [-0.25, -0.2) is 0 Å². The average Bonchev–Trinajstić information content (AvgIpc) is 3.00. The summed E-state index contributed by atoms with van der Waals surface area (Å²) in [6.07, 6.45) is 2.05. The van der Waals surface area contributed by atoms with E-state index in [1.54, 1.807) is 0 Å². The smallest absolute Gasteiger partial charge is 0.124 e. The molecule has 0 radical (unpaired) electrons. The molecule has 21 heavy (non-hydrogen) atoms. The fourth-order valence-corrected chi connectivity index (χ4v) is 3.15. The predicted molar refractivity (Wildman–Crippen MR) is 81.8 cm³/mol. The molecule has 1 atom stereocenters. The highest BCUT2D eigenvalue weighted by Gasteiger charge is 2.20. The van der Waals surface area contributed by atoms with Gasteiger partial charge >= 0.3 is 0 Å². The van der Waals surface area contributed by atoms with Crippen molar-refractivity contribution in [3.05, 3.63) is 59.2 Å². The van der Waals surface area contributed by atoms with Crippen LogP contribution in [0.5, 0.6) is 11.5 Å². The number of hydrogen-bond acceptors (Lipinski definition) is 3. The predicted octanol–water partition coefficient (Wildman–Crippen LogP) is 3.23. The topological polar surface area (TPSA) is 30.5 Å². The quantitative estimate of drug-likeness (QED) is 0.937. The van der Waals surface area contributed by atoms with E-state index in [1.165, 1.54) is 16.7 Å². The van der Waals surface area contributed by atoms with Crippen LogP contribution in [0.3, 0.4) is 0 Å². The summed E-state index contributed by atoms with van der Waals surface area (Å²) in [6, 6.07) is 15.2. The maximum absolute atomic E-state index is 5.71. The Bertz CT molecular complexity index is 653. The third-order valence-corrected chi connectivity index (χ3v) is 4.26. The van der Waals surface area contributed by atoms with Gasteiger partial charge in [0.1, 0.15) is 11.5 Å². The number of para-hydroxylation sites is 1. The zero-order chi connectivity index (χ0) is 14.1. The van der Waals surface area contributed by atoms with Crippen LogP contribution >= 0.6 is 0 Å². The Morgan fingerprint density at radius 1 is 1.00 bits per heavy atom. The van der Waals surface area contributed by atoms with Gasteiger partial charge in [0.2, 0.25) is 0 Å². The number of fused-ring (bicyclic) bond motifs is 2. The molecule has 1 unspecified atom stereocenters. The molecule has 0 aliphatic carbocycles. The van der Waals surface area contributed by atoms with Gasteiger partial charge in [0, 0.05) is 31.0 Å². The fraction of sp³-hybridized carbons (Fsp3) is 0.333. The molecule has 0 fully saturated rings. The summed E-state index contributed by atoms with van der Waals surface area (Å²) in [4.78, 5) is 0. The number of nitrogens with one attached hydrogen (secondary N) is 1. The molecule has 2 aromatic carbocycles. The highest BCUT2D eigenvalue weighted by molar-refractivity contribution is 5.40. The number of benzene rings is 2. The second kappa shape index (κ2) is 5.41. The van der Waals surface area contributed by atoms with E-state index in [2.05, 4.69) is 41.7 Å². The highest BCUT2D eigenvalue weighted by Crippen LogP contribution is 2.32. The molecule has 0 aromatic heterocycles. The lowest BCUT2D eigenvalue weighted by Crippen LogP contribution is -2.26. The third-order valence-electron chi connectivity index (χ3n) is 4.26. The van der Waals surface area contributed by atoms with Crippen molar-refractivity contribution in [2.75, 3.05) is 13.2 Å². The summed E-state index contributed by atoms with van der Waals surface area (Å²) >= 11 is 0. The summed E-state index contributed by atoms with van der Waals surface area (Å²) in [6.45, 7) is 2.48. The van der Waals surface area contributed by atoms with E-state index in [-0.39, 0.29) is 0 Å². The van der Waals surface area contributed by atoms with Crippen molar-refractivity contribution in [2.24, 2.45) is 0 Å². The van der Waals surface area contributed by atoms with Gasteiger partial charge in [-0.05, 0) is 23.3 Å². The fourth-order valence-electron chi connectivity index (χ4n) is 3.15. The van der Waals surface area contributed by atoms with E-state index in [4.69, 9.17) is 9.47 Å². The zero-order valence-electron chi connectivity index (χ0n) is 12.0. The lowest BCUT2D eigenvalue weighted by atomic mass is 10.00. The van der Waals surface area contributed by atoms with Gasteiger partial charge in [0.15, 0.2) is 0 Å². The molecule has 2 heterocycles. The summed E-state index contributed by atoms with van der Waals surface area (Å²) in [5.41, 5.74) is 3.93. The SMILES string of the molecule is c1ccc2c(c1)OCCC2NCc1ccc2c(c1)CCO2. The van der Waals surface area contributed by atoms with Gasteiger partial charge in [0.25, 0.3) is 0 Å². The van der Waals surface area contributed by atoms with Gasteiger partial charge in [-0.15, -0.1) is 0 Å². The van der Waals surface area contributed by atoms with E-state index in [0.717, 1.165) is 44.1 Å².